The molecule has 2 heteroatoms. The van der Waals surface area contributed by atoms with E-state index in [9.17, 15) is 0 Å². The SMILES string of the molecule is CCC[CH2][SnH2]/[CH]=C/C=C/OCC. The molecule has 0 aliphatic carbocycles. The van der Waals surface area contributed by atoms with Gasteiger partial charge in [-0.3, -0.25) is 0 Å². The van der Waals surface area contributed by atoms with Crippen molar-refractivity contribution in [1.29, 1.82) is 0 Å². The maximum absolute atomic E-state index is 5.05. The summed E-state index contributed by atoms with van der Waals surface area (Å²) in [5.74, 6) is 0. The Bertz CT molecular complexity index is 130. The summed E-state index contributed by atoms with van der Waals surface area (Å²) in [6.07, 6.45) is 8.67. The van der Waals surface area contributed by atoms with Gasteiger partial charge in [0.05, 0.1) is 0 Å². The zero-order valence-electron chi connectivity index (χ0n) is 8.25. The van der Waals surface area contributed by atoms with Crippen LogP contribution in [0.4, 0.5) is 0 Å². The van der Waals surface area contributed by atoms with Crippen molar-refractivity contribution < 1.29 is 4.74 Å². The van der Waals surface area contributed by atoms with Gasteiger partial charge in [0, 0.05) is 0 Å². The molecule has 0 aromatic carbocycles. The van der Waals surface area contributed by atoms with E-state index < -0.39 is 21.1 Å². The third-order valence-electron chi connectivity index (χ3n) is 1.56. The topological polar surface area (TPSA) is 9.23 Å². The van der Waals surface area contributed by atoms with E-state index in [-0.39, 0.29) is 0 Å². The molecule has 0 atom stereocenters. The first-order valence-electron chi connectivity index (χ1n) is 4.85. The van der Waals surface area contributed by atoms with Gasteiger partial charge in [0.2, 0.25) is 0 Å². The Morgan fingerprint density at radius 1 is 1.25 bits per heavy atom. The first-order chi connectivity index (χ1) is 5.91. The van der Waals surface area contributed by atoms with Gasteiger partial charge in [-0.2, -0.15) is 0 Å². The zero-order valence-corrected chi connectivity index (χ0v) is 12.3. The molecule has 12 heavy (non-hydrogen) atoms. The summed E-state index contributed by atoms with van der Waals surface area (Å²) in [4.78, 5) is 0. The molecule has 0 unspecified atom stereocenters. The van der Waals surface area contributed by atoms with E-state index in [1.807, 2.05) is 13.0 Å². The fraction of sp³-hybridized carbons (Fsp3) is 0.600. The summed E-state index contributed by atoms with van der Waals surface area (Å²) in [5, 5.41) is 0. The van der Waals surface area contributed by atoms with E-state index in [0.717, 1.165) is 6.61 Å². The third-order valence-corrected chi connectivity index (χ3v) is 5.88. The second kappa shape index (κ2) is 11.1. The molecule has 0 spiro atoms. The van der Waals surface area contributed by atoms with Crippen molar-refractivity contribution in [3.05, 3.63) is 22.5 Å². The molecular formula is C10H20OSn. The molecular weight excluding hydrogens is 255 g/mol. The van der Waals surface area contributed by atoms with E-state index in [0.29, 0.717) is 0 Å². The first-order valence-corrected chi connectivity index (χ1v) is 10.0. The Morgan fingerprint density at radius 2 is 2.08 bits per heavy atom. The Labute approximate surface area is 86.1 Å². The number of hydrogen-bond acceptors (Lipinski definition) is 1. The first kappa shape index (κ1) is 12.1. The van der Waals surface area contributed by atoms with E-state index in [1.165, 1.54) is 17.3 Å². The third kappa shape index (κ3) is 10.1. The second-order valence-electron chi connectivity index (χ2n) is 2.71. The van der Waals surface area contributed by atoms with Gasteiger partial charge < -0.3 is 0 Å². The van der Waals surface area contributed by atoms with Crippen LogP contribution in [-0.4, -0.2) is 27.7 Å². The van der Waals surface area contributed by atoms with Gasteiger partial charge in [0.25, 0.3) is 0 Å². The predicted octanol–water partition coefficient (Wildman–Crippen LogP) is 2.44. The summed E-state index contributed by atoms with van der Waals surface area (Å²) in [6.45, 7) is 5.02. The van der Waals surface area contributed by atoms with Crippen molar-refractivity contribution in [2.24, 2.45) is 0 Å². The van der Waals surface area contributed by atoms with Gasteiger partial charge in [0.1, 0.15) is 0 Å². The van der Waals surface area contributed by atoms with Crippen molar-refractivity contribution in [2.75, 3.05) is 6.61 Å². The molecule has 0 bridgehead atoms. The van der Waals surface area contributed by atoms with Gasteiger partial charge >= 0.3 is 86.1 Å². The molecule has 0 aliphatic heterocycles. The molecule has 0 radical (unpaired) electrons. The Kier molecular flexibility index (Phi) is 11.2. The summed E-state index contributed by atoms with van der Waals surface area (Å²) >= 11 is -0.488. The number of hydrogen-bond donors (Lipinski definition) is 0. The van der Waals surface area contributed by atoms with Gasteiger partial charge in [-0.1, -0.05) is 0 Å². The molecule has 1 nitrogen and oxygen atoms in total. The zero-order chi connectivity index (χ0) is 9.07. The maximum atomic E-state index is 5.05. The molecule has 0 amide bonds. The number of rotatable bonds is 7. The molecule has 0 aliphatic rings. The van der Waals surface area contributed by atoms with E-state index >= 15 is 0 Å². The summed E-state index contributed by atoms with van der Waals surface area (Å²) in [7, 11) is 0. The molecule has 70 valence electrons. The fourth-order valence-corrected chi connectivity index (χ4v) is 4.81. The van der Waals surface area contributed by atoms with Crippen LogP contribution in [0.2, 0.25) is 4.44 Å². The average molecular weight is 275 g/mol. The van der Waals surface area contributed by atoms with Crippen LogP contribution in [0, 0.1) is 0 Å². The van der Waals surface area contributed by atoms with Crippen molar-refractivity contribution in [1.82, 2.24) is 0 Å². The Morgan fingerprint density at radius 3 is 2.75 bits per heavy atom. The quantitative estimate of drug-likeness (QED) is 0.300. The molecule has 0 fully saturated rings. The summed E-state index contributed by atoms with van der Waals surface area (Å²) < 4.78 is 8.96. The summed E-state index contributed by atoms with van der Waals surface area (Å²) in [6, 6.07) is 0. The molecule has 0 aromatic heterocycles. The van der Waals surface area contributed by atoms with Gasteiger partial charge in [0.15, 0.2) is 0 Å². The van der Waals surface area contributed by atoms with E-state index in [1.54, 1.807) is 6.26 Å². The standard InChI is InChI=1S/C6H9O.C4H9.Sn.2H/c1-3-5-6-7-4-2;1-3-4-2;;;/h1,3,5-6H,4H2,2H3;1,3-4H2,2H3;;;/b3-1?,6-5+;;;;. The van der Waals surface area contributed by atoms with Gasteiger partial charge in [-0.25, -0.2) is 0 Å². The van der Waals surface area contributed by atoms with Crippen LogP contribution in [0.15, 0.2) is 22.5 Å². The van der Waals surface area contributed by atoms with Crippen molar-refractivity contribution in [3.8, 4) is 0 Å². The number of ether oxygens (including phenoxy) is 1. The molecule has 0 rings (SSSR count). The average Bonchev–Trinajstić information content (AvgIpc) is 2.10. The van der Waals surface area contributed by atoms with Gasteiger partial charge in [-0.15, -0.1) is 0 Å². The summed E-state index contributed by atoms with van der Waals surface area (Å²) in [5.41, 5.74) is 0. The predicted molar refractivity (Wildman–Crippen MR) is 58.2 cm³/mol. The van der Waals surface area contributed by atoms with Crippen LogP contribution in [0.25, 0.3) is 0 Å². The van der Waals surface area contributed by atoms with Crippen LogP contribution in [-0.2, 0) is 4.74 Å². The van der Waals surface area contributed by atoms with E-state index in [4.69, 9.17) is 4.74 Å². The molecule has 0 saturated carbocycles. The molecule has 0 aromatic rings. The van der Waals surface area contributed by atoms with Gasteiger partial charge in [-0.05, 0) is 0 Å². The molecule has 0 N–H and O–H groups in total. The fourth-order valence-electron chi connectivity index (χ4n) is 0.884. The molecule has 0 heterocycles. The number of allylic oxidation sites excluding steroid dienone is 2. The van der Waals surface area contributed by atoms with Crippen LogP contribution >= 0.6 is 0 Å². The Hall–Kier alpha value is 0.0787. The van der Waals surface area contributed by atoms with E-state index in [2.05, 4.69) is 17.1 Å². The number of unbranched alkanes of at least 4 members (excludes halogenated alkanes) is 1. The van der Waals surface area contributed by atoms with Crippen LogP contribution < -0.4 is 0 Å². The van der Waals surface area contributed by atoms with Crippen molar-refractivity contribution in [2.45, 2.75) is 31.1 Å². The minimum atomic E-state index is -0.488. The van der Waals surface area contributed by atoms with Crippen molar-refractivity contribution >= 4 is 21.1 Å². The van der Waals surface area contributed by atoms with Crippen LogP contribution in [0.1, 0.15) is 26.7 Å². The Balaban J connectivity index is 3.13. The normalized spacial score (nSPS) is 12.5. The monoisotopic (exact) mass is 276 g/mol. The molecule has 0 saturated heterocycles. The minimum absolute atomic E-state index is 0.488. The van der Waals surface area contributed by atoms with Crippen LogP contribution in [0.5, 0.6) is 0 Å². The van der Waals surface area contributed by atoms with Crippen LogP contribution in [0.3, 0.4) is 0 Å². The second-order valence-corrected chi connectivity index (χ2v) is 7.72. The van der Waals surface area contributed by atoms with Crippen molar-refractivity contribution in [3.63, 3.8) is 0 Å².